The van der Waals surface area contributed by atoms with Gasteiger partial charge in [-0.15, -0.1) is 0 Å². The van der Waals surface area contributed by atoms with Gasteiger partial charge in [0.1, 0.15) is 0 Å². The second kappa shape index (κ2) is 8.14. The summed E-state index contributed by atoms with van der Waals surface area (Å²) >= 11 is 4.88. The van der Waals surface area contributed by atoms with Crippen molar-refractivity contribution in [1.29, 1.82) is 0 Å². The van der Waals surface area contributed by atoms with E-state index in [-0.39, 0.29) is 5.91 Å². The number of carbonyl (C=O) groups excluding carboxylic acids is 1. The Hall–Kier alpha value is -1.99. The number of carbonyl (C=O) groups is 1. The van der Waals surface area contributed by atoms with E-state index in [9.17, 15) is 4.79 Å². The van der Waals surface area contributed by atoms with Crippen LogP contribution in [0.25, 0.3) is 11.0 Å². The molecule has 0 unspecified atom stereocenters. The maximum Gasteiger partial charge on any atom is 0.265 e. The van der Waals surface area contributed by atoms with Crippen LogP contribution in [0.5, 0.6) is 11.5 Å². The zero-order valence-corrected chi connectivity index (χ0v) is 17.2. The standard InChI is InChI=1S/C19H19BrN2O3S/c1-4-24-16-10-14-15(11-17(16)25-5-2)22(19(21-14)26-3)18(23)12-8-6-7-9-13(12)20/h6-11H,4-5H2,1-3H3. The molecule has 136 valence electrons. The first kappa shape index (κ1) is 18.8. The Kier molecular flexibility index (Phi) is 5.88. The average Bonchev–Trinajstić information content (AvgIpc) is 2.99. The van der Waals surface area contributed by atoms with Crippen LogP contribution in [0.3, 0.4) is 0 Å². The van der Waals surface area contributed by atoms with Gasteiger partial charge < -0.3 is 9.47 Å². The van der Waals surface area contributed by atoms with Crippen LogP contribution >= 0.6 is 27.7 Å². The molecule has 0 atom stereocenters. The van der Waals surface area contributed by atoms with E-state index in [1.807, 2.05) is 50.4 Å². The predicted octanol–water partition coefficient (Wildman–Crippen LogP) is 5.01. The number of hydrogen-bond acceptors (Lipinski definition) is 5. The van der Waals surface area contributed by atoms with Crippen LogP contribution < -0.4 is 9.47 Å². The van der Waals surface area contributed by atoms with E-state index in [1.54, 1.807) is 10.6 Å². The van der Waals surface area contributed by atoms with Gasteiger partial charge in [0.15, 0.2) is 16.7 Å². The molecule has 0 fully saturated rings. The summed E-state index contributed by atoms with van der Waals surface area (Å²) in [7, 11) is 0. The summed E-state index contributed by atoms with van der Waals surface area (Å²) in [6.07, 6.45) is 1.90. The van der Waals surface area contributed by atoms with Crippen molar-refractivity contribution in [2.45, 2.75) is 19.0 Å². The molecule has 0 spiro atoms. The molecule has 3 aromatic rings. The number of ether oxygens (including phenoxy) is 2. The fourth-order valence-electron chi connectivity index (χ4n) is 2.69. The van der Waals surface area contributed by atoms with Crippen molar-refractivity contribution in [1.82, 2.24) is 9.55 Å². The summed E-state index contributed by atoms with van der Waals surface area (Å²) in [5.74, 6) is 1.10. The number of rotatable bonds is 6. The van der Waals surface area contributed by atoms with E-state index in [4.69, 9.17) is 9.47 Å². The SMILES string of the molecule is CCOc1cc2nc(SC)n(C(=O)c3ccccc3Br)c2cc1OCC. The van der Waals surface area contributed by atoms with Gasteiger partial charge in [0.2, 0.25) is 0 Å². The van der Waals surface area contributed by atoms with E-state index in [2.05, 4.69) is 20.9 Å². The number of fused-ring (bicyclic) bond motifs is 1. The van der Waals surface area contributed by atoms with Crippen molar-refractivity contribution in [3.05, 3.63) is 46.4 Å². The molecule has 0 amide bonds. The highest BCUT2D eigenvalue weighted by Crippen LogP contribution is 2.35. The minimum absolute atomic E-state index is 0.143. The van der Waals surface area contributed by atoms with E-state index in [0.717, 1.165) is 4.47 Å². The summed E-state index contributed by atoms with van der Waals surface area (Å²) in [5.41, 5.74) is 1.97. The molecule has 0 radical (unpaired) electrons. The number of imidazole rings is 1. The molecule has 0 aliphatic heterocycles. The number of benzene rings is 2. The summed E-state index contributed by atoms with van der Waals surface area (Å²) in [4.78, 5) is 17.8. The molecule has 3 rings (SSSR count). The van der Waals surface area contributed by atoms with Gasteiger partial charge in [0, 0.05) is 16.6 Å². The van der Waals surface area contributed by atoms with Gasteiger partial charge in [0.05, 0.1) is 29.8 Å². The molecule has 26 heavy (non-hydrogen) atoms. The first-order valence-electron chi connectivity index (χ1n) is 8.26. The first-order chi connectivity index (χ1) is 12.6. The van der Waals surface area contributed by atoms with Gasteiger partial charge >= 0.3 is 0 Å². The highest BCUT2D eigenvalue weighted by Gasteiger charge is 2.22. The number of hydrogen-bond donors (Lipinski definition) is 0. The fraction of sp³-hybridized carbons (Fsp3) is 0.263. The van der Waals surface area contributed by atoms with Crippen LogP contribution in [0.15, 0.2) is 46.0 Å². The lowest BCUT2D eigenvalue weighted by atomic mass is 10.2. The zero-order valence-electron chi connectivity index (χ0n) is 14.8. The third-order valence-electron chi connectivity index (χ3n) is 3.78. The van der Waals surface area contributed by atoms with Crippen LogP contribution in [-0.2, 0) is 0 Å². The molecule has 0 saturated carbocycles. The van der Waals surface area contributed by atoms with Crippen LogP contribution in [0.2, 0.25) is 0 Å². The second-order valence-corrected chi connectivity index (χ2v) is 7.00. The fourth-order valence-corrected chi connectivity index (χ4v) is 3.70. The van der Waals surface area contributed by atoms with Gasteiger partial charge in [-0.3, -0.25) is 9.36 Å². The maximum atomic E-state index is 13.2. The van der Waals surface area contributed by atoms with Gasteiger partial charge in [-0.05, 0) is 48.2 Å². The third-order valence-corrected chi connectivity index (χ3v) is 5.11. The average molecular weight is 435 g/mol. The quantitative estimate of drug-likeness (QED) is 0.510. The normalized spacial score (nSPS) is 10.9. The van der Waals surface area contributed by atoms with Gasteiger partial charge in [-0.2, -0.15) is 0 Å². The Bertz CT molecular complexity index is 955. The van der Waals surface area contributed by atoms with Gasteiger partial charge in [-0.1, -0.05) is 23.9 Å². The molecule has 7 heteroatoms. The molecular weight excluding hydrogens is 416 g/mol. The van der Waals surface area contributed by atoms with Crippen molar-refractivity contribution in [2.24, 2.45) is 0 Å². The van der Waals surface area contributed by atoms with Gasteiger partial charge in [-0.25, -0.2) is 4.98 Å². The summed E-state index contributed by atoms with van der Waals surface area (Å²) in [6.45, 7) is 4.87. The van der Waals surface area contributed by atoms with Crippen molar-refractivity contribution < 1.29 is 14.3 Å². The highest BCUT2D eigenvalue weighted by atomic mass is 79.9. The minimum Gasteiger partial charge on any atom is -0.490 e. The number of nitrogens with zero attached hydrogens (tertiary/aromatic N) is 2. The van der Waals surface area contributed by atoms with Crippen LogP contribution in [0, 0.1) is 0 Å². The Morgan fingerprint density at radius 1 is 1.15 bits per heavy atom. The Morgan fingerprint density at radius 2 is 1.81 bits per heavy atom. The molecule has 1 heterocycles. The summed E-state index contributed by atoms with van der Waals surface area (Å²) in [5, 5.41) is 0.622. The topological polar surface area (TPSA) is 53.4 Å². The Balaban J connectivity index is 2.22. The van der Waals surface area contributed by atoms with Crippen molar-refractivity contribution in [3.8, 4) is 11.5 Å². The van der Waals surface area contributed by atoms with E-state index < -0.39 is 0 Å². The highest BCUT2D eigenvalue weighted by molar-refractivity contribution is 9.10. The Morgan fingerprint density at radius 3 is 2.42 bits per heavy atom. The molecule has 0 N–H and O–H groups in total. The van der Waals surface area contributed by atoms with Crippen LogP contribution in [0.4, 0.5) is 0 Å². The molecular formula is C19H19BrN2O3S. The maximum absolute atomic E-state index is 13.2. The number of aromatic nitrogens is 2. The van der Waals surface area contributed by atoms with Crippen LogP contribution in [-0.4, -0.2) is 34.9 Å². The van der Waals surface area contributed by atoms with Crippen molar-refractivity contribution in [2.75, 3.05) is 19.5 Å². The number of thioether (sulfide) groups is 1. The molecule has 1 aromatic heterocycles. The molecule has 0 saturated heterocycles. The van der Waals surface area contributed by atoms with E-state index in [0.29, 0.717) is 46.5 Å². The molecule has 0 aliphatic rings. The van der Waals surface area contributed by atoms with Crippen molar-refractivity contribution >= 4 is 44.6 Å². The zero-order chi connectivity index (χ0) is 18.7. The minimum atomic E-state index is -0.143. The molecule has 0 aliphatic carbocycles. The lowest BCUT2D eigenvalue weighted by molar-refractivity contribution is 0.0954. The largest absolute Gasteiger partial charge is 0.490 e. The Labute approximate surface area is 164 Å². The van der Waals surface area contributed by atoms with Crippen molar-refractivity contribution in [3.63, 3.8) is 0 Å². The first-order valence-corrected chi connectivity index (χ1v) is 10.3. The summed E-state index contributed by atoms with van der Waals surface area (Å²) in [6, 6.07) is 11.0. The van der Waals surface area contributed by atoms with Gasteiger partial charge in [0.25, 0.3) is 5.91 Å². The molecule has 0 bridgehead atoms. The van der Waals surface area contributed by atoms with E-state index in [1.165, 1.54) is 11.8 Å². The lowest BCUT2D eigenvalue weighted by Crippen LogP contribution is -2.13. The summed E-state index contributed by atoms with van der Waals surface area (Å²) < 4.78 is 13.8. The molecule has 5 nitrogen and oxygen atoms in total. The van der Waals surface area contributed by atoms with E-state index >= 15 is 0 Å². The smallest absolute Gasteiger partial charge is 0.265 e. The monoisotopic (exact) mass is 434 g/mol. The molecule has 2 aromatic carbocycles. The van der Waals surface area contributed by atoms with Crippen LogP contribution in [0.1, 0.15) is 24.2 Å². The second-order valence-electron chi connectivity index (χ2n) is 5.37. The third kappa shape index (κ3) is 3.46. The predicted molar refractivity (Wildman–Crippen MR) is 108 cm³/mol. The number of halogens is 1. The lowest BCUT2D eigenvalue weighted by Gasteiger charge is -2.12.